The van der Waals surface area contributed by atoms with Gasteiger partial charge in [0.05, 0.1) is 0 Å². The van der Waals surface area contributed by atoms with Crippen LogP contribution in [0.2, 0.25) is 0 Å². The van der Waals surface area contributed by atoms with Crippen molar-refractivity contribution < 1.29 is 9.59 Å². The molecule has 4 rings (SSSR count). The van der Waals surface area contributed by atoms with Crippen molar-refractivity contribution in [1.29, 1.82) is 0 Å². The summed E-state index contributed by atoms with van der Waals surface area (Å²) in [5, 5.41) is 5.61. The third kappa shape index (κ3) is 5.67. The first-order valence-corrected chi connectivity index (χ1v) is 12.7. The molecule has 1 atom stereocenters. The number of aryl methyl sites for hydroxylation is 2. The molecule has 0 heterocycles. The Morgan fingerprint density at radius 1 is 0.941 bits per heavy atom. The summed E-state index contributed by atoms with van der Waals surface area (Å²) >= 11 is 0. The number of carbonyl (C=O) groups is 2. The smallest absolute Gasteiger partial charge is 0.243 e. The van der Waals surface area contributed by atoms with Gasteiger partial charge < -0.3 is 10.2 Å². The number of nitrogens with one attached hydrogen (secondary N) is 1. The Kier molecular flexibility index (Phi) is 7.99. The summed E-state index contributed by atoms with van der Waals surface area (Å²) < 4.78 is 0. The van der Waals surface area contributed by atoms with Gasteiger partial charge in [-0.2, -0.15) is 0 Å². The molecule has 0 radical (unpaired) electrons. The number of carbonyl (C=O) groups excluding carboxylic acids is 2. The van der Waals surface area contributed by atoms with Gasteiger partial charge in [0.25, 0.3) is 0 Å². The molecule has 0 aromatic heterocycles. The van der Waals surface area contributed by atoms with Crippen molar-refractivity contribution in [3.63, 3.8) is 0 Å². The van der Waals surface area contributed by atoms with Gasteiger partial charge >= 0.3 is 0 Å². The minimum absolute atomic E-state index is 0.0125. The highest BCUT2D eigenvalue weighted by molar-refractivity contribution is 5.89. The molecule has 1 saturated carbocycles. The summed E-state index contributed by atoms with van der Waals surface area (Å²) in [6.07, 6.45) is 6.05. The highest BCUT2D eigenvalue weighted by Gasteiger charge is 2.30. The molecule has 0 spiro atoms. The van der Waals surface area contributed by atoms with E-state index in [2.05, 4.69) is 54.7 Å². The molecule has 3 aromatic rings. The van der Waals surface area contributed by atoms with Crippen molar-refractivity contribution in [1.82, 2.24) is 10.2 Å². The number of rotatable bonds is 9. The number of nitrogens with zero attached hydrogens (tertiary/aromatic N) is 1. The summed E-state index contributed by atoms with van der Waals surface area (Å²) in [5.41, 5.74) is 3.40. The van der Waals surface area contributed by atoms with Crippen molar-refractivity contribution >= 4 is 22.6 Å². The van der Waals surface area contributed by atoms with Crippen LogP contribution < -0.4 is 5.32 Å². The van der Waals surface area contributed by atoms with E-state index in [1.165, 1.54) is 29.2 Å². The minimum Gasteiger partial charge on any atom is -0.352 e. The molecule has 4 nitrogen and oxygen atoms in total. The second-order valence-electron chi connectivity index (χ2n) is 9.50. The molecule has 34 heavy (non-hydrogen) atoms. The van der Waals surface area contributed by atoms with Crippen LogP contribution in [0.1, 0.15) is 62.1 Å². The summed E-state index contributed by atoms with van der Waals surface area (Å²) in [6, 6.07) is 22.5. The quantitative estimate of drug-likeness (QED) is 0.433. The molecule has 178 valence electrons. The van der Waals surface area contributed by atoms with Gasteiger partial charge in [0, 0.05) is 19.0 Å². The van der Waals surface area contributed by atoms with E-state index in [9.17, 15) is 9.59 Å². The third-order valence-electron chi connectivity index (χ3n) is 7.18. The molecule has 1 aliphatic carbocycles. The largest absolute Gasteiger partial charge is 0.352 e. The van der Waals surface area contributed by atoms with E-state index in [4.69, 9.17) is 0 Å². The normalized spacial score (nSPS) is 14.8. The maximum Gasteiger partial charge on any atom is 0.243 e. The van der Waals surface area contributed by atoms with Crippen LogP contribution in [0.25, 0.3) is 10.8 Å². The van der Waals surface area contributed by atoms with Crippen LogP contribution in [0.4, 0.5) is 0 Å². The molecule has 1 fully saturated rings. The van der Waals surface area contributed by atoms with Gasteiger partial charge in [-0.1, -0.05) is 86.5 Å². The molecule has 4 heteroatoms. The lowest BCUT2D eigenvalue weighted by molar-refractivity contribution is -0.141. The Balaban J connectivity index is 1.55. The van der Waals surface area contributed by atoms with Crippen molar-refractivity contribution in [2.45, 2.75) is 77.4 Å². The van der Waals surface area contributed by atoms with Gasteiger partial charge in [0.2, 0.25) is 11.8 Å². The lowest BCUT2D eigenvalue weighted by atomic mass is 10.00. The molecular weight excluding hydrogens is 420 g/mol. The van der Waals surface area contributed by atoms with Gasteiger partial charge in [0.1, 0.15) is 6.04 Å². The topological polar surface area (TPSA) is 49.4 Å². The molecule has 0 aliphatic heterocycles. The summed E-state index contributed by atoms with van der Waals surface area (Å²) in [7, 11) is 0. The summed E-state index contributed by atoms with van der Waals surface area (Å²) in [6.45, 7) is 4.52. The number of fused-ring (bicyclic) bond motifs is 1. The number of benzene rings is 3. The summed E-state index contributed by atoms with van der Waals surface area (Å²) in [5.74, 6) is 0.0195. The SMILES string of the molecule is CC[C@@H](C(=O)NC1CCCC1)N(Cc1ccccc1C)C(=O)CCc1cccc2ccccc12. The molecule has 1 aliphatic rings. The molecule has 1 N–H and O–H groups in total. The molecule has 3 aromatic carbocycles. The first-order valence-electron chi connectivity index (χ1n) is 12.7. The average Bonchev–Trinajstić information content (AvgIpc) is 3.36. The Labute approximate surface area is 203 Å². The fourth-order valence-electron chi connectivity index (χ4n) is 5.15. The maximum atomic E-state index is 13.7. The van der Waals surface area contributed by atoms with Crippen LogP contribution in [0, 0.1) is 6.92 Å². The van der Waals surface area contributed by atoms with Gasteiger partial charge in [-0.05, 0) is 60.1 Å². The minimum atomic E-state index is -0.458. The van der Waals surface area contributed by atoms with E-state index in [1.807, 2.05) is 36.1 Å². The second-order valence-corrected chi connectivity index (χ2v) is 9.50. The monoisotopic (exact) mass is 456 g/mol. The fourth-order valence-corrected chi connectivity index (χ4v) is 5.15. The molecule has 2 amide bonds. The van der Waals surface area contributed by atoms with Crippen LogP contribution in [-0.2, 0) is 22.6 Å². The second kappa shape index (κ2) is 11.3. The van der Waals surface area contributed by atoms with Crippen LogP contribution in [-0.4, -0.2) is 28.8 Å². The van der Waals surface area contributed by atoms with E-state index >= 15 is 0 Å². The van der Waals surface area contributed by atoms with Crippen LogP contribution in [0.15, 0.2) is 66.7 Å². The zero-order chi connectivity index (χ0) is 23.9. The van der Waals surface area contributed by atoms with E-state index in [1.54, 1.807) is 0 Å². The van der Waals surface area contributed by atoms with Gasteiger partial charge in [-0.15, -0.1) is 0 Å². The van der Waals surface area contributed by atoms with Crippen molar-refractivity contribution in [3.8, 4) is 0 Å². The number of hydrogen-bond acceptors (Lipinski definition) is 2. The van der Waals surface area contributed by atoms with Crippen molar-refractivity contribution in [3.05, 3.63) is 83.4 Å². The van der Waals surface area contributed by atoms with Gasteiger partial charge in [-0.25, -0.2) is 0 Å². The molecule has 0 bridgehead atoms. The van der Waals surface area contributed by atoms with Crippen LogP contribution in [0.5, 0.6) is 0 Å². The lowest BCUT2D eigenvalue weighted by Gasteiger charge is -2.32. The van der Waals surface area contributed by atoms with E-state index < -0.39 is 6.04 Å². The Hall–Kier alpha value is -3.14. The first kappa shape index (κ1) is 24.0. The van der Waals surface area contributed by atoms with Crippen molar-refractivity contribution in [2.75, 3.05) is 0 Å². The Morgan fingerprint density at radius 3 is 2.38 bits per heavy atom. The Morgan fingerprint density at radius 2 is 1.62 bits per heavy atom. The van der Waals surface area contributed by atoms with E-state index in [0.717, 1.165) is 24.0 Å². The summed E-state index contributed by atoms with van der Waals surface area (Å²) in [4.78, 5) is 28.8. The van der Waals surface area contributed by atoms with Crippen LogP contribution >= 0.6 is 0 Å². The average molecular weight is 457 g/mol. The van der Waals surface area contributed by atoms with Crippen molar-refractivity contribution in [2.24, 2.45) is 0 Å². The highest BCUT2D eigenvalue weighted by Crippen LogP contribution is 2.23. The third-order valence-corrected chi connectivity index (χ3v) is 7.18. The Bertz CT molecular complexity index is 1130. The molecule has 0 unspecified atom stereocenters. The van der Waals surface area contributed by atoms with Gasteiger partial charge in [0.15, 0.2) is 0 Å². The zero-order valence-corrected chi connectivity index (χ0v) is 20.4. The van der Waals surface area contributed by atoms with E-state index in [-0.39, 0.29) is 17.9 Å². The molecule has 0 saturated heterocycles. The number of hydrogen-bond donors (Lipinski definition) is 1. The fraction of sp³-hybridized carbons (Fsp3) is 0.400. The zero-order valence-electron chi connectivity index (χ0n) is 20.4. The standard InChI is InChI=1S/C30H36N2O2/c1-3-28(30(34)31-26-16-7-8-17-26)32(21-25-13-5-4-11-22(25)2)29(33)20-19-24-15-10-14-23-12-6-9-18-27(23)24/h4-6,9-15,18,26,28H,3,7-8,16-17,19-21H2,1-2H3,(H,31,34)/t28-/m0/s1. The number of amides is 2. The van der Waals surface area contributed by atoms with E-state index in [0.29, 0.717) is 25.8 Å². The molecular formula is C30H36N2O2. The van der Waals surface area contributed by atoms with Gasteiger partial charge in [-0.3, -0.25) is 9.59 Å². The lowest BCUT2D eigenvalue weighted by Crippen LogP contribution is -2.51. The first-order chi connectivity index (χ1) is 16.6. The predicted octanol–water partition coefficient (Wildman–Crippen LogP) is 5.95. The highest BCUT2D eigenvalue weighted by atomic mass is 16.2. The van der Waals surface area contributed by atoms with Crippen LogP contribution in [0.3, 0.4) is 0 Å². The maximum absolute atomic E-state index is 13.7. The predicted molar refractivity (Wildman–Crippen MR) is 138 cm³/mol.